The first-order valence-electron chi connectivity index (χ1n) is 12.7. The molecule has 0 atom stereocenters. The Morgan fingerprint density at radius 2 is 1.63 bits per heavy atom. The van der Waals surface area contributed by atoms with E-state index in [1.54, 1.807) is 18.9 Å². The Bertz CT molecular complexity index is 1360. The van der Waals surface area contributed by atoms with Gasteiger partial charge in [0.05, 0.1) is 12.8 Å². The highest BCUT2D eigenvalue weighted by molar-refractivity contribution is 7.99. The van der Waals surface area contributed by atoms with E-state index in [-0.39, 0.29) is 5.91 Å². The third-order valence-electron chi connectivity index (χ3n) is 6.57. The van der Waals surface area contributed by atoms with Crippen molar-refractivity contribution in [3.05, 3.63) is 83.9 Å². The van der Waals surface area contributed by atoms with E-state index in [0.717, 1.165) is 72.0 Å². The fourth-order valence-corrected chi connectivity index (χ4v) is 5.61. The van der Waals surface area contributed by atoms with Crippen LogP contribution in [-0.4, -0.2) is 64.6 Å². The standard InChI is InChI=1S/C29H30ClN5O2S/c1-37-26-11-6-5-10-25(26)33-17-19-34(20-18-33)27(36)12-7-21-38-29-32-31-28(22-13-15-23(30)16-14-22)35(29)24-8-3-2-4-9-24/h2-6,8-11,13-16H,7,12,17-21H2,1H3. The molecule has 1 aliphatic rings. The van der Waals surface area contributed by atoms with Crippen LogP contribution in [0, 0.1) is 0 Å². The van der Waals surface area contributed by atoms with Crippen molar-refractivity contribution in [2.75, 3.05) is 43.9 Å². The van der Waals surface area contributed by atoms with Crippen LogP contribution in [0.3, 0.4) is 0 Å². The molecule has 1 aliphatic heterocycles. The van der Waals surface area contributed by atoms with Gasteiger partial charge in [0.1, 0.15) is 5.75 Å². The van der Waals surface area contributed by atoms with Gasteiger partial charge in [-0.3, -0.25) is 9.36 Å². The Balaban J connectivity index is 1.17. The van der Waals surface area contributed by atoms with Crippen LogP contribution in [0.5, 0.6) is 5.75 Å². The van der Waals surface area contributed by atoms with Gasteiger partial charge in [0.2, 0.25) is 5.91 Å². The van der Waals surface area contributed by atoms with Gasteiger partial charge in [0.15, 0.2) is 11.0 Å². The van der Waals surface area contributed by atoms with Crippen molar-refractivity contribution in [2.45, 2.75) is 18.0 Å². The first-order valence-corrected chi connectivity index (χ1v) is 14.1. The minimum Gasteiger partial charge on any atom is -0.495 e. The number of carbonyl (C=O) groups excluding carboxylic acids is 1. The number of hydrogen-bond donors (Lipinski definition) is 0. The molecule has 7 nitrogen and oxygen atoms in total. The zero-order valence-corrected chi connectivity index (χ0v) is 22.9. The van der Waals surface area contributed by atoms with Crippen molar-refractivity contribution >= 4 is 35.0 Å². The first kappa shape index (κ1) is 26.1. The lowest BCUT2D eigenvalue weighted by Gasteiger charge is -2.36. The summed E-state index contributed by atoms with van der Waals surface area (Å²) in [4.78, 5) is 17.2. The lowest BCUT2D eigenvalue weighted by atomic mass is 10.2. The summed E-state index contributed by atoms with van der Waals surface area (Å²) < 4.78 is 7.56. The average Bonchev–Trinajstić information content (AvgIpc) is 3.40. The third kappa shape index (κ3) is 5.97. The average molecular weight is 548 g/mol. The number of benzene rings is 3. The van der Waals surface area contributed by atoms with Gasteiger partial charge in [-0.1, -0.05) is 53.7 Å². The smallest absolute Gasteiger partial charge is 0.222 e. The van der Waals surface area contributed by atoms with E-state index in [0.29, 0.717) is 11.4 Å². The minimum atomic E-state index is 0.205. The Hall–Kier alpha value is -3.49. The summed E-state index contributed by atoms with van der Waals surface area (Å²) >= 11 is 7.71. The molecule has 0 bridgehead atoms. The molecule has 4 aromatic rings. The largest absolute Gasteiger partial charge is 0.495 e. The summed E-state index contributed by atoms with van der Waals surface area (Å²) in [5, 5.41) is 10.5. The van der Waals surface area contributed by atoms with Gasteiger partial charge in [-0.15, -0.1) is 10.2 Å². The number of carbonyl (C=O) groups is 1. The van der Waals surface area contributed by atoms with Gasteiger partial charge in [0, 0.05) is 54.6 Å². The summed E-state index contributed by atoms with van der Waals surface area (Å²) in [6.45, 7) is 3.04. The maximum absolute atomic E-state index is 12.9. The maximum Gasteiger partial charge on any atom is 0.222 e. The number of ether oxygens (including phenoxy) is 1. The van der Waals surface area contributed by atoms with Crippen LogP contribution >= 0.6 is 23.4 Å². The molecule has 9 heteroatoms. The molecule has 1 amide bonds. The van der Waals surface area contributed by atoms with Crippen molar-refractivity contribution in [2.24, 2.45) is 0 Å². The summed E-state index contributed by atoms with van der Waals surface area (Å²) in [5.41, 5.74) is 3.02. The number of halogens is 1. The molecule has 1 saturated heterocycles. The molecule has 0 N–H and O–H groups in total. The summed E-state index contributed by atoms with van der Waals surface area (Å²) in [6.07, 6.45) is 1.29. The molecular formula is C29H30ClN5O2S. The van der Waals surface area contributed by atoms with Gasteiger partial charge in [-0.25, -0.2) is 0 Å². The molecule has 3 aromatic carbocycles. The van der Waals surface area contributed by atoms with Gasteiger partial charge in [-0.2, -0.15) is 0 Å². The Kier molecular flexibility index (Phi) is 8.51. The first-order chi connectivity index (χ1) is 18.6. The fraction of sp³-hybridized carbons (Fsp3) is 0.276. The van der Waals surface area contributed by atoms with Crippen molar-refractivity contribution in [1.29, 1.82) is 0 Å². The molecule has 1 fully saturated rings. The van der Waals surface area contributed by atoms with E-state index in [1.165, 1.54) is 0 Å². The molecule has 0 spiro atoms. The number of para-hydroxylation sites is 3. The molecule has 2 heterocycles. The van der Waals surface area contributed by atoms with Gasteiger partial charge < -0.3 is 14.5 Å². The predicted octanol–water partition coefficient (Wildman–Crippen LogP) is 5.82. The second-order valence-electron chi connectivity index (χ2n) is 8.98. The van der Waals surface area contributed by atoms with E-state index in [2.05, 4.69) is 25.7 Å². The van der Waals surface area contributed by atoms with Crippen molar-refractivity contribution in [3.63, 3.8) is 0 Å². The van der Waals surface area contributed by atoms with Gasteiger partial charge >= 0.3 is 0 Å². The topological polar surface area (TPSA) is 63.5 Å². The Morgan fingerprint density at radius 3 is 2.37 bits per heavy atom. The van der Waals surface area contributed by atoms with Crippen LogP contribution in [0.15, 0.2) is 84.0 Å². The number of rotatable bonds is 9. The number of thioether (sulfide) groups is 1. The van der Waals surface area contributed by atoms with Crippen LogP contribution in [0.1, 0.15) is 12.8 Å². The zero-order valence-electron chi connectivity index (χ0n) is 21.3. The molecule has 0 radical (unpaired) electrons. The van der Waals surface area contributed by atoms with Crippen molar-refractivity contribution in [3.8, 4) is 22.8 Å². The molecule has 0 unspecified atom stereocenters. The molecule has 0 aliphatic carbocycles. The van der Waals surface area contributed by atoms with Gasteiger partial charge in [0.25, 0.3) is 0 Å². The Labute approximate surface area is 232 Å². The monoisotopic (exact) mass is 547 g/mol. The predicted molar refractivity (Wildman–Crippen MR) is 154 cm³/mol. The molecule has 1 aromatic heterocycles. The van der Waals surface area contributed by atoms with Crippen LogP contribution in [0.4, 0.5) is 5.69 Å². The normalized spacial score (nSPS) is 13.5. The van der Waals surface area contributed by atoms with E-state index in [1.807, 2.05) is 77.7 Å². The van der Waals surface area contributed by atoms with Crippen LogP contribution < -0.4 is 9.64 Å². The van der Waals surface area contributed by atoms with E-state index < -0.39 is 0 Å². The fourth-order valence-electron chi connectivity index (χ4n) is 4.59. The maximum atomic E-state index is 12.9. The highest BCUT2D eigenvalue weighted by Crippen LogP contribution is 2.30. The lowest BCUT2D eigenvalue weighted by molar-refractivity contribution is -0.131. The number of anilines is 1. The highest BCUT2D eigenvalue weighted by atomic mass is 35.5. The Morgan fingerprint density at radius 1 is 0.921 bits per heavy atom. The van der Waals surface area contributed by atoms with Crippen LogP contribution in [0.2, 0.25) is 5.02 Å². The molecule has 5 rings (SSSR count). The van der Waals surface area contributed by atoms with E-state index in [9.17, 15) is 4.79 Å². The molecule has 0 saturated carbocycles. The van der Waals surface area contributed by atoms with Crippen molar-refractivity contribution in [1.82, 2.24) is 19.7 Å². The number of aromatic nitrogens is 3. The zero-order chi connectivity index (χ0) is 26.3. The molecular weight excluding hydrogens is 518 g/mol. The third-order valence-corrected chi connectivity index (χ3v) is 7.84. The van der Waals surface area contributed by atoms with E-state index in [4.69, 9.17) is 16.3 Å². The quantitative estimate of drug-likeness (QED) is 0.194. The molecule has 196 valence electrons. The number of nitrogens with zero attached hydrogens (tertiary/aromatic N) is 5. The summed E-state index contributed by atoms with van der Waals surface area (Å²) in [5.74, 6) is 2.61. The number of amides is 1. The summed E-state index contributed by atoms with van der Waals surface area (Å²) in [6, 6.07) is 25.7. The van der Waals surface area contributed by atoms with Crippen molar-refractivity contribution < 1.29 is 9.53 Å². The molecule has 38 heavy (non-hydrogen) atoms. The lowest BCUT2D eigenvalue weighted by Crippen LogP contribution is -2.48. The number of methoxy groups -OCH3 is 1. The summed E-state index contributed by atoms with van der Waals surface area (Å²) in [7, 11) is 1.69. The number of piperazine rings is 1. The highest BCUT2D eigenvalue weighted by Gasteiger charge is 2.23. The number of hydrogen-bond acceptors (Lipinski definition) is 6. The SMILES string of the molecule is COc1ccccc1N1CCN(C(=O)CCCSc2nnc(-c3ccc(Cl)cc3)n2-c2ccccc2)CC1. The van der Waals surface area contributed by atoms with E-state index >= 15 is 0 Å². The van der Waals surface area contributed by atoms with Crippen LogP contribution in [-0.2, 0) is 4.79 Å². The second kappa shape index (κ2) is 12.4. The van der Waals surface area contributed by atoms with Crippen LogP contribution in [0.25, 0.3) is 17.1 Å². The van der Waals surface area contributed by atoms with Gasteiger partial charge in [-0.05, 0) is 55.0 Å². The second-order valence-corrected chi connectivity index (χ2v) is 10.5. The minimum absolute atomic E-state index is 0.205.